The van der Waals surface area contributed by atoms with E-state index in [-0.39, 0.29) is 18.5 Å². The molecule has 0 spiro atoms. The van der Waals surface area contributed by atoms with Gasteiger partial charge in [0.25, 0.3) is 0 Å². The highest BCUT2D eigenvalue weighted by Crippen LogP contribution is 2.41. The molecule has 134 valence electrons. The summed E-state index contributed by atoms with van der Waals surface area (Å²) in [7, 11) is 1.65. The molecule has 1 fully saturated rings. The summed E-state index contributed by atoms with van der Waals surface area (Å²) in [5, 5.41) is 13.9. The topological polar surface area (TPSA) is 81.9 Å². The molecule has 1 aliphatic rings. The van der Waals surface area contributed by atoms with Crippen molar-refractivity contribution in [3.8, 4) is 16.5 Å². The SMILES string of the molecule is COc1ccc(C(NC(=O)Cn2cc(-c3nccs3)nn2)C2CC2)cc1. The number of methoxy groups -OCH3 is 1. The van der Waals surface area contributed by atoms with Crippen molar-refractivity contribution in [2.24, 2.45) is 5.92 Å². The highest BCUT2D eigenvalue weighted by molar-refractivity contribution is 7.13. The largest absolute Gasteiger partial charge is 0.497 e. The van der Waals surface area contributed by atoms with Crippen molar-refractivity contribution in [1.82, 2.24) is 25.3 Å². The second kappa shape index (κ2) is 7.25. The molecule has 1 aromatic carbocycles. The molecule has 8 heteroatoms. The Balaban J connectivity index is 1.42. The number of hydrogen-bond donors (Lipinski definition) is 1. The minimum absolute atomic E-state index is 0.0235. The minimum Gasteiger partial charge on any atom is -0.497 e. The van der Waals surface area contributed by atoms with Crippen LogP contribution in [0.3, 0.4) is 0 Å². The molecule has 1 aliphatic carbocycles. The van der Waals surface area contributed by atoms with Crippen LogP contribution in [-0.2, 0) is 11.3 Å². The van der Waals surface area contributed by atoms with Gasteiger partial charge >= 0.3 is 0 Å². The highest BCUT2D eigenvalue weighted by Gasteiger charge is 2.33. The van der Waals surface area contributed by atoms with Gasteiger partial charge in [0.2, 0.25) is 5.91 Å². The first-order chi connectivity index (χ1) is 12.7. The van der Waals surface area contributed by atoms with Gasteiger partial charge in [0.05, 0.1) is 19.3 Å². The summed E-state index contributed by atoms with van der Waals surface area (Å²) in [5.74, 6) is 1.23. The molecular weight excluding hydrogens is 350 g/mol. The molecular formula is C18H19N5O2S. The van der Waals surface area contributed by atoms with Crippen LogP contribution in [0.25, 0.3) is 10.7 Å². The third-order valence-corrected chi connectivity index (χ3v) is 5.18. The standard InChI is InChI=1S/C18H19N5O2S/c1-25-14-6-4-13(5-7-14)17(12-2-3-12)20-16(24)11-23-10-15(21-22-23)18-19-8-9-26-18/h4-10,12,17H,2-3,11H2,1H3,(H,20,24). The summed E-state index contributed by atoms with van der Waals surface area (Å²) >= 11 is 1.49. The first-order valence-electron chi connectivity index (χ1n) is 8.46. The van der Waals surface area contributed by atoms with Crippen LogP contribution < -0.4 is 10.1 Å². The van der Waals surface area contributed by atoms with E-state index in [9.17, 15) is 4.79 Å². The van der Waals surface area contributed by atoms with Gasteiger partial charge in [-0.15, -0.1) is 16.4 Å². The van der Waals surface area contributed by atoms with Gasteiger partial charge in [-0.2, -0.15) is 0 Å². The van der Waals surface area contributed by atoms with E-state index in [1.165, 1.54) is 11.3 Å². The molecule has 0 saturated heterocycles. The highest BCUT2D eigenvalue weighted by atomic mass is 32.1. The number of carbonyl (C=O) groups excluding carboxylic acids is 1. The van der Waals surface area contributed by atoms with Gasteiger partial charge in [0.1, 0.15) is 23.0 Å². The van der Waals surface area contributed by atoms with Crippen LogP contribution in [0.4, 0.5) is 0 Å². The van der Waals surface area contributed by atoms with Gasteiger partial charge < -0.3 is 10.1 Å². The maximum Gasteiger partial charge on any atom is 0.242 e. The van der Waals surface area contributed by atoms with Gasteiger partial charge in [-0.25, -0.2) is 9.67 Å². The van der Waals surface area contributed by atoms with E-state index < -0.39 is 0 Å². The van der Waals surface area contributed by atoms with Crippen LogP contribution >= 0.6 is 11.3 Å². The average Bonchev–Trinajstić information content (AvgIpc) is 3.15. The van der Waals surface area contributed by atoms with Crippen LogP contribution in [-0.4, -0.2) is 33.0 Å². The summed E-state index contributed by atoms with van der Waals surface area (Å²) < 4.78 is 6.75. The second-order valence-electron chi connectivity index (χ2n) is 6.29. The molecule has 0 radical (unpaired) electrons. The van der Waals surface area contributed by atoms with Crippen molar-refractivity contribution in [1.29, 1.82) is 0 Å². The lowest BCUT2D eigenvalue weighted by Crippen LogP contribution is -2.32. The number of nitrogens with one attached hydrogen (secondary N) is 1. The zero-order valence-corrected chi connectivity index (χ0v) is 15.1. The summed E-state index contributed by atoms with van der Waals surface area (Å²) in [6.45, 7) is 0.137. The molecule has 1 saturated carbocycles. The quantitative estimate of drug-likeness (QED) is 0.692. The fourth-order valence-electron chi connectivity index (χ4n) is 2.90. The predicted molar refractivity (Wildman–Crippen MR) is 97.7 cm³/mol. The maximum atomic E-state index is 12.5. The van der Waals surface area contributed by atoms with Gasteiger partial charge in [-0.05, 0) is 36.5 Å². The number of amides is 1. The second-order valence-corrected chi connectivity index (χ2v) is 7.19. The molecule has 1 amide bonds. The molecule has 3 aromatic rings. The fourth-order valence-corrected chi connectivity index (χ4v) is 3.49. The molecule has 26 heavy (non-hydrogen) atoms. The fraction of sp³-hybridized carbons (Fsp3) is 0.333. The lowest BCUT2D eigenvalue weighted by molar-refractivity contribution is -0.122. The molecule has 0 aliphatic heterocycles. The lowest BCUT2D eigenvalue weighted by Gasteiger charge is -2.19. The molecule has 2 heterocycles. The third kappa shape index (κ3) is 3.75. The summed E-state index contributed by atoms with van der Waals surface area (Å²) in [5.41, 5.74) is 1.78. The Hall–Kier alpha value is -2.74. The summed E-state index contributed by atoms with van der Waals surface area (Å²) in [6.07, 6.45) is 5.74. The van der Waals surface area contributed by atoms with Crippen LogP contribution in [0, 0.1) is 5.92 Å². The van der Waals surface area contributed by atoms with Crippen LogP contribution in [0.2, 0.25) is 0 Å². The minimum atomic E-state index is -0.0756. The maximum absolute atomic E-state index is 12.5. The predicted octanol–water partition coefficient (Wildman–Crippen LogP) is 2.68. The molecule has 4 rings (SSSR count). The number of benzene rings is 1. The Labute approximate surface area is 155 Å². The van der Waals surface area contributed by atoms with Crippen molar-refractivity contribution >= 4 is 17.2 Å². The van der Waals surface area contributed by atoms with Gasteiger partial charge in [-0.1, -0.05) is 17.3 Å². The molecule has 1 atom stereocenters. The Morgan fingerprint density at radius 2 is 2.19 bits per heavy atom. The Bertz CT molecular complexity index is 871. The first kappa shape index (κ1) is 16.7. The van der Waals surface area contributed by atoms with Gasteiger partial charge in [0, 0.05) is 11.6 Å². The van der Waals surface area contributed by atoms with Crippen molar-refractivity contribution < 1.29 is 9.53 Å². The van der Waals surface area contributed by atoms with E-state index in [1.54, 1.807) is 24.2 Å². The molecule has 0 bridgehead atoms. The van der Waals surface area contributed by atoms with Crippen molar-refractivity contribution in [3.63, 3.8) is 0 Å². The van der Waals surface area contributed by atoms with E-state index >= 15 is 0 Å². The zero-order chi connectivity index (χ0) is 17.9. The normalized spacial score (nSPS) is 14.8. The first-order valence-corrected chi connectivity index (χ1v) is 9.34. The van der Waals surface area contributed by atoms with E-state index in [4.69, 9.17) is 4.74 Å². The van der Waals surface area contributed by atoms with E-state index in [0.717, 1.165) is 29.2 Å². The van der Waals surface area contributed by atoms with E-state index in [0.29, 0.717) is 11.6 Å². The Morgan fingerprint density at radius 3 is 2.85 bits per heavy atom. The van der Waals surface area contributed by atoms with Gasteiger partial charge in [-0.3, -0.25) is 4.79 Å². The van der Waals surface area contributed by atoms with Gasteiger partial charge in [0.15, 0.2) is 0 Å². The van der Waals surface area contributed by atoms with Crippen molar-refractivity contribution in [3.05, 3.63) is 47.6 Å². The Morgan fingerprint density at radius 1 is 1.38 bits per heavy atom. The molecule has 1 unspecified atom stereocenters. The van der Waals surface area contributed by atoms with Crippen LogP contribution in [0.15, 0.2) is 42.0 Å². The lowest BCUT2D eigenvalue weighted by atomic mass is 10.0. The van der Waals surface area contributed by atoms with Crippen molar-refractivity contribution in [2.45, 2.75) is 25.4 Å². The summed E-state index contributed by atoms with van der Waals surface area (Å²) in [6, 6.07) is 7.90. The van der Waals surface area contributed by atoms with E-state index in [1.807, 2.05) is 29.6 Å². The number of aromatic nitrogens is 4. The third-order valence-electron chi connectivity index (χ3n) is 4.38. The smallest absolute Gasteiger partial charge is 0.242 e. The van der Waals surface area contributed by atoms with Crippen LogP contribution in [0.5, 0.6) is 5.75 Å². The average molecular weight is 369 g/mol. The Kier molecular flexibility index (Phi) is 4.66. The monoisotopic (exact) mass is 369 g/mol. The number of ether oxygens (including phenoxy) is 1. The van der Waals surface area contributed by atoms with E-state index in [2.05, 4.69) is 20.6 Å². The number of carbonyl (C=O) groups is 1. The number of thiazole rings is 1. The molecule has 1 N–H and O–H groups in total. The number of nitrogens with zero attached hydrogens (tertiary/aromatic N) is 4. The molecule has 2 aromatic heterocycles. The van der Waals surface area contributed by atoms with Crippen molar-refractivity contribution in [2.75, 3.05) is 7.11 Å². The number of hydrogen-bond acceptors (Lipinski definition) is 6. The number of rotatable bonds is 7. The summed E-state index contributed by atoms with van der Waals surface area (Å²) in [4.78, 5) is 16.7. The molecule has 7 nitrogen and oxygen atoms in total. The zero-order valence-electron chi connectivity index (χ0n) is 14.3. The van der Waals surface area contributed by atoms with Crippen LogP contribution in [0.1, 0.15) is 24.4 Å².